The zero-order valence-electron chi connectivity index (χ0n) is 5.70. The number of hydrogen-bond acceptors (Lipinski definition) is 4. The molecule has 10 heavy (non-hydrogen) atoms. The number of carbonyl (C=O) groups excluding carboxylic acids is 1. The van der Waals surface area contributed by atoms with E-state index in [0.717, 1.165) is 6.42 Å². The van der Waals surface area contributed by atoms with E-state index in [1.54, 1.807) is 6.07 Å². The summed E-state index contributed by atoms with van der Waals surface area (Å²) < 4.78 is 0. The van der Waals surface area contributed by atoms with E-state index in [4.69, 9.17) is 5.26 Å². The van der Waals surface area contributed by atoms with Crippen LogP contribution in [0.5, 0.6) is 0 Å². The molecule has 0 bridgehead atoms. The van der Waals surface area contributed by atoms with Crippen molar-refractivity contribution in [2.45, 2.75) is 13.3 Å². The molecule has 4 nitrogen and oxygen atoms in total. The third-order valence-corrected chi connectivity index (χ3v) is 0.684. The molecule has 0 rings (SSSR count). The van der Waals surface area contributed by atoms with Crippen molar-refractivity contribution in [3.05, 3.63) is 0 Å². The smallest absolute Gasteiger partial charge is 0.219 e. The average molecular weight is 140 g/mol. The van der Waals surface area contributed by atoms with Gasteiger partial charge in [-0.2, -0.15) is 5.26 Å². The summed E-state index contributed by atoms with van der Waals surface area (Å²) in [6.45, 7) is 2.33. The summed E-state index contributed by atoms with van der Waals surface area (Å²) in [5.74, 6) is 0. The molecule has 0 aromatic carbocycles. The van der Waals surface area contributed by atoms with Crippen LogP contribution in [-0.2, 0) is 9.63 Å². The lowest BCUT2D eigenvalue weighted by molar-refractivity contribution is -0.102. The predicted molar refractivity (Wildman–Crippen MR) is 35.4 cm³/mol. The Hall–Kier alpha value is -1.37. The van der Waals surface area contributed by atoms with E-state index in [9.17, 15) is 4.79 Å². The Morgan fingerprint density at radius 3 is 3.00 bits per heavy atom. The molecule has 0 saturated carbocycles. The molecule has 54 valence electrons. The molecule has 0 N–H and O–H groups in total. The summed E-state index contributed by atoms with van der Waals surface area (Å²) >= 11 is 0. The Labute approximate surface area is 59.1 Å². The van der Waals surface area contributed by atoms with Crippen LogP contribution in [-0.4, -0.2) is 18.6 Å². The van der Waals surface area contributed by atoms with Gasteiger partial charge in [-0.3, -0.25) is 4.79 Å². The Bertz CT molecular complexity index is 169. The fourth-order valence-electron chi connectivity index (χ4n) is 0.275. The average Bonchev–Trinajstić information content (AvgIpc) is 1.99. The van der Waals surface area contributed by atoms with Crippen molar-refractivity contribution in [2.24, 2.45) is 5.16 Å². The Kier molecular flexibility index (Phi) is 4.97. The van der Waals surface area contributed by atoms with Crippen molar-refractivity contribution < 1.29 is 9.63 Å². The first kappa shape index (κ1) is 8.63. The Morgan fingerprint density at radius 1 is 1.90 bits per heavy atom. The lowest BCUT2D eigenvalue weighted by Gasteiger charge is -1.91. The molecule has 0 aliphatic carbocycles. The minimum absolute atomic E-state index is 0.228. The van der Waals surface area contributed by atoms with E-state index < -0.39 is 0 Å². The second-order valence-electron chi connectivity index (χ2n) is 1.54. The molecular weight excluding hydrogens is 132 g/mol. The van der Waals surface area contributed by atoms with Crippen molar-refractivity contribution in [1.29, 1.82) is 5.26 Å². The van der Waals surface area contributed by atoms with Gasteiger partial charge in [0.15, 0.2) is 6.29 Å². The molecule has 0 aromatic rings. The van der Waals surface area contributed by atoms with E-state index in [0.29, 0.717) is 12.9 Å². The maximum Gasteiger partial charge on any atom is 0.219 e. The van der Waals surface area contributed by atoms with E-state index in [2.05, 4.69) is 9.99 Å². The van der Waals surface area contributed by atoms with Gasteiger partial charge in [0.25, 0.3) is 0 Å². The molecule has 0 aliphatic rings. The number of carbonyl (C=O) groups is 1. The minimum atomic E-state index is -0.228. The van der Waals surface area contributed by atoms with Gasteiger partial charge in [0, 0.05) is 0 Å². The second-order valence-corrected chi connectivity index (χ2v) is 1.54. The summed E-state index contributed by atoms with van der Waals surface area (Å²) in [4.78, 5) is 14.5. The first-order valence-corrected chi connectivity index (χ1v) is 2.90. The fraction of sp³-hybridized carbons (Fsp3) is 0.500. The highest BCUT2D eigenvalue weighted by molar-refractivity contribution is 6.35. The highest BCUT2D eigenvalue weighted by Crippen LogP contribution is 1.81. The van der Waals surface area contributed by atoms with E-state index in [1.807, 2.05) is 6.92 Å². The number of nitriles is 1. The molecule has 0 heterocycles. The van der Waals surface area contributed by atoms with Gasteiger partial charge in [0.05, 0.1) is 0 Å². The van der Waals surface area contributed by atoms with Crippen LogP contribution in [0.15, 0.2) is 5.16 Å². The molecule has 0 saturated heterocycles. The van der Waals surface area contributed by atoms with Crippen LogP contribution in [0.2, 0.25) is 0 Å². The molecular formula is C6H8N2O2. The second kappa shape index (κ2) is 5.76. The predicted octanol–water partition coefficient (Wildman–Crippen LogP) is 0.491. The van der Waals surface area contributed by atoms with Gasteiger partial charge in [0.1, 0.15) is 12.7 Å². The van der Waals surface area contributed by atoms with Gasteiger partial charge in [0.2, 0.25) is 5.71 Å². The summed E-state index contributed by atoms with van der Waals surface area (Å²) in [6, 6.07) is 1.57. The number of hydrogen-bond donors (Lipinski definition) is 0. The summed E-state index contributed by atoms with van der Waals surface area (Å²) in [5.41, 5.74) is -0.228. The van der Waals surface area contributed by atoms with Gasteiger partial charge >= 0.3 is 0 Å². The highest BCUT2D eigenvalue weighted by atomic mass is 16.6. The van der Waals surface area contributed by atoms with Gasteiger partial charge in [-0.25, -0.2) is 0 Å². The molecule has 0 amide bonds. The third kappa shape index (κ3) is 3.61. The zero-order valence-corrected chi connectivity index (χ0v) is 5.70. The standard InChI is InChI=1S/C6H8N2O2/c1-2-3-10-8-6(4-7)5-9/h5H,2-3H2,1H3/b8-6-. The van der Waals surface area contributed by atoms with E-state index >= 15 is 0 Å². The third-order valence-electron chi connectivity index (χ3n) is 0.684. The van der Waals surface area contributed by atoms with Gasteiger partial charge < -0.3 is 4.84 Å². The van der Waals surface area contributed by atoms with Crippen molar-refractivity contribution in [3.63, 3.8) is 0 Å². The Morgan fingerprint density at radius 2 is 2.60 bits per heavy atom. The minimum Gasteiger partial charge on any atom is -0.395 e. The first-order valence-electron chi connectivity index (χ1n) is 2.90. The molecule has 0 aliphatic heterocycles. The van der Waals surface area contributed by atoms with Crippen molar-refractivity contribution >= 4 is 12.0 Å². The number of aldehydes is 1. The van der Waals surface area contributed by atoms with E-state index in [-0.39, 0.29) is 5.71 Å². The quantitative estimate of drug-likeness (QED) is 0.247. The zero-order chi connectivity index (χ0) is 7.82. The monoisotopic (exact) mass is 140 g/mol. The molecule has 0 spiro atoms. The van der Waals surface area contributed by atoms with Crippen LogP contribution >= 0.6 is 0 Å². The van der Waals surface area contributed by atoms with Crippen LogP contribution in [0.4, 0.5) is 0 Å². The van der Waals surface area contributed by atoms with E-state index in [1.165, 1.54) is 0 Å². The summed E-state index contributed by atoms with van der Waals surface area (Å²) in [5, 5.41) is 11.4. The molecule has 0 fully saturated rings. The maximum atomic E-state index is 9.90. The lowest BCUT2D eigenvalue weighted by atomic mass is 10.5. The molecule has 0 unspecified atom stereocenters. The number of rotatable bonds is 4. The normalized spacial score (nSPS) is 10.2. The van der Waals surface area contributed by atoms with Crippen LogP contribution in [0.3, 0.4) is 0 Å². The van der Waals surface area contributed by atoms with Crippen LogP contribution in [0, 0.1) is 11.3 Å². The van der Waals surface area contributed by atoms with Crippen LogP contribution < -0.4 is 0 Å². The van der Waals surface area contributed by atoms with Crippen molar-refractivity contribution in [1.82, 2.24) is 0 Å². The Balaban J connectivity index is 3.67. The van der Waals surface area contributed by atoms with Crippen LogP contribution in [0.25, 0.3) is 0 Å². The highest BCUT2D eigenvalue weighted by Gasteiger charge is 1.91. The molecule has 0 radical (unpaired) electrons. The van der Waals surface area contributed by atoms with Gasteiger partial charge in [-0.15, -0.1) is 0 Å². The van der Waals surface area contributed by atoms with Gasteiger partial charge in [-0.1, -0.05) is 12.1 Å². The summed E-state index contributed by atoms with van der Waals surface area (Å²) in [6.07, 6.45) is 1.16. The van der Waals surface area contributed by atoms with Crippen molar-refractivity contribution in [3.8, 4) is 6.07 Å². The fourth-order valence-corrected chi connectivity index (χ4v) is 0.275. The molecule has 0 atom stereocenters. The van der Waals surface area contributed by atoms with Gasteiger partial charge in [-0.05, 0) is 6.42 Å². The SMILES string of the molecule is CCCO/N=C(/C#N)C=O. The largest absolute Gasteiger partial charge is 0.395 e. The molecule has 4 heteroatoms. The topological polar surface area (TPSA) is 62.4 Å². The molecule has 0 aromatic heterocycles. The lowest BCUT2D eigenvalue weighted by Crippen LogP contribution is -1.97. The number of nitrogens with zero attached hydrogens (tertiary/aromatic N) is 2. The summed E-state index contributed by atoms with van der Waals surface area (Å²) in [7, 11) is 0. The number of oxime groups is 1. The van der Waals surface area contributed by atoms with Crippen LogP contribution in [0.1, 0.15) is 13.3 Å². The maximum absolute atomic E-state index is 9.90. The van der Waals surface area contributed by atoms with Crippen molar-refractivity contribution in [2.75, 3.05) is 6.61 Å². The first-order chi connectivity index (χ1) is 4.85.